The van der Waals surface area contributed by atoms with Gasteiger partial charge in [-0.3, -0.25) is 24.4 Å². The molecule has 2 unspecified atom stereocenters. The maximum Gasteiger partial charge on any atom is 0.169 e. The van der Waals surface area contributed by atoms with E-state index in [0.29, 0.717) is 5.78 Å². The fourth-order valence-electron chi connectivity index (χ4n) is 5.05. The van der Waals surface area contributed by atoms with Crippen LogP contribution in [0.4, 0.5) is 0 Å². The average Bonchev–Trinajstić information content (AvgIpc) is 2.83. The van der Waals surface area contributed by atoms with Gasteiger partial charge in [-0.1, -0.05) is 0 Å². The van der Waals surface area contributed by atoms with Gasteiger partial charge in [0.05, 0.1) is 38.5 Å². The number of piperazine rings is 2. The summed E-state index contributed by atoms with van der Waals surface area (Å²) in [6.45, 7) is 16.1. The van der Waals surface area contributed by atoms with Crippen molar-refractivity contribution in [1.29, 1.82) is 0 Å². The van der Waals surface area contributed by atoms with Gasteiger partial charge in [-0.05, 0) is 0 Å². The first kappa shape index (κ1) is 22.5. The number of ether oxygens (including phenoxy) is 2. The summed E-state index contributed by atoms with van der Waals surface area (Å²) < 4.78 is 11.2. The topological polar surface area (TPSA) is 72.6 Å². The molecule has 4 aliphatic rings. The Morgan fingerprint density at radius 3 is 1.37 bits per heavy atom. The maximum atomic E-state index is 14.1. The first-order valence-electron chi connectivity index (χ1n) is 11.8. The monoisotopic (exact) mass is 424 g/mol. The second-order valence-electron chi connectivity index (χ2n) is 8.83. The molecular formula is C21H40N6O3. The summed E-state index contributed by atoms with van der Waals surface area (Å²) in [5, 5.41) is 6.86. The quantitative estimate of drug-likeness (QED) is 0.450. The predicted octanol–water partition coefficient (Wildman–Crippen LogP) is -2.23. The van der Waals surface area contributed by atoms with Crippen molar-refractivity contribution >= 4 is 5.78 Å². The van der Waals surface area contributed by atoms with E-state index in [0.717, 1.165) is 118 Å². The number of nitrogens with one attached hydrogen (secondary N) is 2. The number of hydrogen-bond acceptors (Lipinski definition) is 9. The molecule has 0 aromatic carbocycles. The van der Waals surface area contributed by atoms with E-state index < -0.39 is 0 Å². The number of ketones is 1. The molecule has 0 spiro atoms. The lowest BCUT2D eigenvalue weighted by atomic mass is 9.99. The highest BCUT2D eigenvalue weighted by Gasteiger charge is 2.38. The lowest BCUT2D eigenvalue weighted by Gasteiger charge is -2.43. The second kappa shape index (κ2) is 11.8. The van der Waals surface area contributed by atoms with Gasteiger partial charge in [0.2, 0.25) is 0 Å². The third kappa shape index (κ3) is 6.20. The van der Waals surface area contributed by atoms with Gasteiger partial charge >= 0.3 is 0 Å². The van der Waals surface area contributed by atoms with Crippen molar-refractivity contribution in [2.75, 3.05) is 118 Å². The fourth-order valence-corrected chi connectivity index (χ4v) is 5.05. The number of rotatable bonds is 8. The number of carbonyl (C=O) groups excluding carboxylic acids is 1. The highest BCUT2D eigenvalue weighted by atomic mass is 16.5. The van der Waals surface area contributed by atoms with Crippen molar-refractivity contribution in [3.05, 3.63) is 0 Å². The Balaban J connectivity index is 1.49. The minimum atomic E-state index is -0.0530. The van der Waals surface area contributed by atoms with Crippen molar-refractivity contribution in [3.63, 3.8) is 0 Å². The summed E-state index contributed by atoms with van der Waals surface area (Å²) in [6.07, 6.45) is 0. The Labute approximate surface area is 181 Å². The number of morpholine rings is 2. The molecule has 9 heteroatoms. The summed E-state index contributed by atoms with van der Waals surface area (Å²) >= 11 is 0. The first-order chi connectivity index (χ1) is 14.8. The van der Waals surface area contributed by atoms with Crippen LogP contribution in [0.2, 0.25) is 0 Å². The van der Waals surface area contributed by atoms with Crippen molar-refractivity contribution in [2.45, 2.75) is 12.1 Å². The van der Waals surface area contributed by atoms with Gasteiger partial charge in [0.1, 0.15) is 0 Å². The van der Waals surface area contributed by atoms with Crippen LogP contribution in [0.15, 0.2) is 0 Å². The second-order valence-corrected chi connectivity index (χ2v) is 8.83. The van der Waals surface area contributed by atoms with Gasteiger partial charge in [0, 0.05) is 91.6 Å². The third-order valence-electron chi connectivity index (χ3n) is 6.91. The highest BCUT2D eigenvalue weighted by molar-refractivity contribution is 5.89. The number of nitrogens with zero attached hydrogens (tertiary/aromatic N) is 4. The standard InChI is InChI=1S/C21H40N6O3/c28-21(19(26-9-13-29-14-10-26)17-24-5-1-22-2-6-24)20(27-11-15-30-16-12-27)18-25-7-3-23-4-8-25/h19-20,22-23H,1-18H2. The minimum Gasteiger partial charge on any atom is -0.379 e. The number of carbonyl (C=O) groups is 1. The average molecular weight is 425 g/mol. The van der Waals surface area contributed by atoms with E-state index in [9.17, 15) is 4.79 Å². The van der Waals surface area contributed by atoms with E-state index in [-0.39, 0.29) is 12.1 Å². The fraction of sp³-hybridized carbons (Fsp3) is 0.952. The summed E-state index contributed by atoms with van der Waals surface area (Å²) in [4.78, 5) is 23.9. The molecule has 0 radical (unpaired) electrons. The van der Waals surface area contributed by atoms with E-state index in [1.807, 2.05) is 0 Å². The van der Waals surface area contributed by atoms with E-state index >= 15 is 0 Å². The van der Waals surface area contributed by atoms with Gasteiger partial charge < -0.3 is 20.1 Å². The highest BCUT2D eigenvalue weighted by Crippen LogP contribution is 2.16. The molecule has 2 N–H and O–H groups in total. The van der Waals surface area contributed by atoms with Crippen LogP contribution in [0, 0.1) is 0 Å². The summed E-state index contributed by atoms with van der Waals surface area (Å²) in [5.41, 5.74) is 0. The van der Waals surface area contributed by atoms with Gasteiger partial charge in [0.25, 0.3) is 0 Å². The van der Waals surface area contributed by atoms with Gasteiger partial charge in [0.15, 0.2) is 5.78 Å². The first-order valence-corrected chi connectivity index (χ1v) is 11.8. The van der Waals surface area contributed by atoms with E-state index in [1.165, 1.54) is 0 Å². The molecule has 4 rings (SSSR count). The van der Waals surface area contributed by atoms with Crippen molar-refractivity contribution in [2.24, 2.45) is 0 Å². The molecule has 4 heterocycles. The van der Waals surface area contributed by atoms with Gasteiger partial charge in [-0.25, -0.2) is 0 Å². The molecular weight excluding hydrogens is 384 g/mol. The molecule has 2 atom stereocenters. The van der Waals surface area contributed by atoms with Crippen LogP contribution in [0.5, 0.6) is 0 Å². The van der Waals surface area contributed by atoms with Crippen LogP contribution < -0.4 is 10.6 Å². The van der Waals surface area contributed by atoms with Crippen molar-refractivity contribution in [3.8, 4) is 0 Å². The van der Waals surface area contributed by atoms with Gasteiger partial charge in [-0.15, -0.1) is 0 Å². The largest absolute Gasteiger partial charge is 0.379 e. The number of Topliss-reactive ketones (excluding diaryl/α,β-unsaturated/α-hetero) is 1. The van der Waals surface area contributed by atoms with Crippen LogP contribution in [0.1, 0.15) is 0 Å². The molecule has 30 heavy (non-hydrogen) atoms. The van der Waals surface area contributed by atoms with Crippen LogP contribution in [-0.2, 0) is 14.3 Å². The van der Waals surface area contributed by atoms with Crippen LogP contribution in [0.25, 0.3) is 0 Å². The number of hydrogen-bond donors (Lipinski definition) is 2. The predicted molar refractivity (Wildman–Crippen MR) is 116 cm³/mol. The summed E-state index contributed by atoms with van der Waals surface area (Å²) in [6, 6.07) is -0.106. The molecule has 0 aromatic heterocycles. The lowest BCUT2D eigenvalue weighted by molar-refractivity contribution is -0.135. The normalized spacial score (nSPS) is 28.3. The molecule has 0 amide bonds. The minimum absolute atomic E-state index is 0.0530. The molecule has 4 fully saturated rings. The van der Waals surface area contributed by atoms with Gasteiger partial charge in [-0.2, -0.15) is 0 Å². The molecule has 9 nitrogen and oxygen atoms in total. The lowest BCUT2D eigenvalue weighted by Crippen LogP contribution is -2.62. The maximum absolute atomic E-state index is 14.1. The van der Waals surface area contributed by atoms with E-state index in [1.54, 1.807) is 0 Å². The Bertz CT molecular complexity index is 471. The van der Waals surface area contributed by atoms with Crippen LogP contribution in [-0.4, -0.2) is 156 Å². The summed E-state index contributed by atoms with van der Waals surface area (Å²) in [7, 11) is 0. The van der Waals surface area contributed by atoms with Crippen molar-refractivity contribution < 1.29 is 14.3 Å². The molecule has 4 saturated heterocycles. The van der Waals surface area contributed by atoms with E-state index in [4.69, 9.17) is 9.47 Å². The Kier molecular flexibility index (Phi) is 8.88. The molecule has 4 aliphatic heterocycles. The smallest absolute Gasteiger partial charge is 0.169 e. The van der Waals surface area contributed by atoms with Crippen molar-refractivity contribution in [1.82, 2.24) is 30.2 Å². The summed E-state index contributed by atoms with van der Waals surface area (Å²) in [5.74, 6) is 0.399. The molecule has 172 valence electrons. The Morgan fingerprint density at radius 2 is 1.00 bits per heavy atom. The molecule has 0 saturated carbocycles. The zero-order valence-corrected chi connectivity index (χ0v) is 18.4. The third-order valence-corrected chi connectivity index (χ3v) is 6.91. The molecule has 0 aliphatic carbocycles. The van der Waals surface area contributed by atoms with E-state index in [2.05, 4.69) is 30.2 Å². The van der Waals surface area contributed by atoms with Crippen LogP contribution >= 0.6 is 0 Å². The Hall–Kier alpha value is -0.650. The SMILES string of the molecule is O=C(C(CN1CCNCC1)N1CCOCC1)C(CN1CCNCC1)N1CCOCC1. The zero-order valence-electron chi connectivity index (χ0n) is 18.4. The molecule has 0 aromatic rings. The zero-order chi connectivity index (χ0) is 20.6. The van der Waals surface area contributed by atoms with Crippen LogP contribution in [0.3, 0.4) is 0 Å². The Morgan fingerprint density at radius 1 is 0.633 bits per heavy atom. The molecule has 0 bridgehead atoms.